The molecule has 0 spiro atoms. The lowest BCUT2D eigenvalue weighted by Crippen LogP contribution is -2.44. The van der Waals surface area contributed by atoms with Crippen LogP contribution in [0.1, 0.15) is 18.4 Å². The van der Waals surface area contributed by atoms with Gasteiger partial charge in [-0.15, -0.1) is 35.3 Å². The van der Waals surface area contributed by atoms with Crippen LogP contribution < -0.4 is 10.6 Å². The summed E-state index contributed by atoms with van der Waals surface area (Å²) in [4.78, 5) is 9.18. The topological polar surface area (TPSA) is 83.4 Å². The highest BCUT2D eigenvalue weighted by atomic mass is 127. The number of nitrogens with zero attached hydrogens (tertiary/aromatic N) is 2. The quantitative estimate of drug-likeness (QED) is 0.370. The molecule has 3 rings (SSSR count). The van der Waals surface area contributed by atoms with E-state index in [1.807, 2.05) is 42.6 Å². The molecule has 0 aliphatic carbocycles. The predicted molar refractivity (Wildman–Crippen MR) is 118 cm³/mol. The molecule has 1 atom stereocenters. The Morgan fingerprint density at radius 1 is 1.35 bits per heavy atom. The maximum atomic E-state index is 11.6. The summed E-state index contributed by atoms with van der Waals surface area (Å²) in [5, 5.41) is 9.34. The Labute approximate surface area is 175 Å². The van der Waals surface area contributed by atoms with E-state index in [4.69, 9.17) is 0 Å². The summed E-state index contributed by atoms with van der Waals surface area (Å²) in [6.45, 7) is 3.17. The van der Waals surface area contributed by atoms with Crippen molar-refractivity contribution < 1.29 is 8.42 Å². The Bertz CT molecular complexity index is 837. The van der Waals surface area contributed by atoms with Gasteiger partial charge in [0.05, 0.1) is 23.7 Å². The number of guanidine groups is 1. The zero-order valence-corrected chi connectivity index (χ0v) is 18.5. The molecule has 26 heavy (non-hydrogen) atoms. The second-order valence-electron chi connectivity index (χ2n) is 5.93. The molecule has 0 saturated carbocycles. The zero-order chi connectivity index (χ0) is 17.7. The van der Waals surface area contributed by atoms with Crippen LogP contribution in [-0.4, -0.2) is 43.5 Å². The van der Waals surface area contributed by atoms with Gasteiger partial charge in [0.1, 0.15) is 5.01 Å². The number of sulfone groups is 1. The van der Waals surface area contributed by atoms with Crippen LogP contribution in [0.3, 0.4) is 0 Å². The average Bonchev–Trinajstić information content (AvgIpc) is 3.20. The molecule has 0 bridgehead atoms. The second kappa shape index (κ2) is 9.65. The van der Waals surface area contributed by atoms with Crippen LogP contribution in [0.15, 0.2) is 40.7 Å². The fourth-order valence-corrected chi connectivity index (χ4v) is 5.09. The summed E-state index contributed by atoms with van der Waals surface area (Å²) in [5.41, 5.74) is 2.05. The molecule has 1 aliphatic heterocycles. The molecule has 6 nitrogen and oxygen atoms in total. The van der Waals surface area contributed by atoms with E-state index in [-0.39, 0.29) is 41.5 Å². The summed E-state index contributed by atoms with van der Waals surface area (Å²) >= 11 is 1.58. The van der Waals surface area contributed by atoms with Crippen LogP contribution in [0.25, 0.3) is 11.3 Å². The lowest BCUT2D eigenvalue weighted by Gasteiger charge is -2.15. The van der Waals surface area contributed by atoms with Gasteiger partial charge >= 0.3 is 0 Å². The van der Waals surface area contributed by atoms with Crippen molar-refractivity contribution in [2.24, 2.45) is 4.99 Å². The largest absolute Gasteiger partial charge is 0.357 e. The van der Waals surface area contributed by atoms with Gasteiger partial charge in [-0.05, 0) is 13.3 Å². The first-order valence-corrected chi connectivity index (χ1v) is 11.0. The lowest BCUT2D eigenvalue weighted by atomic mass is 10.2. The molecule has 1 unspecified atom stereocenters. The number of hydrogen-bond donors (Lipinski definition) is 2. The molecule has 9 heteroatoms. The predicted octanol–water partition coefficient (Wildman–Crippen LogP) is 2.67. The molecule has 1 fully saturated rings. The molecule has 2 heterocycles. The van der Waals surface area contributed by atoms with Crippen LogP contribution in [-0.2, 0) is 16.4 Å². The summed E-state index contributed by atoms with van der Waals surface area (Å²) < 4.78 is 23.2. The standard InChI is InChI=1S/C17H22N4O2S2.HI/c1-2-18-17(20-14-8-9-25(22,23)12-14)19-10-16-21-15(11-24-16)13-6-4-3-5-7-13;/h3-7,11,14H,2,8-10,12H2,1H3,(H2,18,19,20);1H. The van der Waals surface area contributed by atoms with Crippen molar-refractivity contribution in [2.75, 3.05) is 18.1 Å². The Hall–Kier alpha value is -1.20. The summed E-state index contributed by atoms with van der Waals surface area (Å²) in [6, 6.07) is 9.98. The Balaban J connectivity index is 0.00000243. The van der Waals surface area contributed by atoms with E-state index in [0.29, 0.717) is 18.9 Å². The molecule has 142 valence electrons. The van der Waals surface area contributed by atoms with Gasteiger partial charge in [0.25, 0.3) is 0 Å². The third kappa shape index (κ3) is 5.92. The van der Waals surface area contributed by atoms with E-state index in [1.54, 1.807) is 11.3 Å². The normalized spacial score (nSPS) is 19.0. The number of benzene rings is 1. The zero-order valence-electron chi connectivity index (χ0n) is 14.5. The number of hydrogen-bond acceptors (Lipinski definition) is 5. The monoisotopic (exact) mass is 506 g/mol. The maximum Gasteiger partial charge on any atom is 0.191 e. The van der Waals surface area contributed by atoms with Gasteiger partial charge in [-0.25, -0.2) is 18.4 Å². The smallest absolute Gasteiger partial charge is 0.191 e. The molecule has 1 saturated heterocycles. The van der Waals surface area contributed by atoms with Crippen molar-refractivity contribution in [1.29, 1.82) is 0 Å². The minimum Gasteiger partial charge on any atom is -0.357 e. The van der Waals surface area contributed by atoms with E-state index >= 15 is 0 Å². The van der Waals surface area contributed by atoms with Crippen LogP contribution >= 0.6 is 35.3 Å². The lowest BCUT2D eigenvalue weighted by molar-refractivity contribution is 0.599. The van der Waals surface area contributed by atoms with E-state index in [1.165, 1.54) is 0 Å². The molecular weight excluding hydrogens is 483 g/mol. The highest BCUT2D eigenvalue weighted by molar-refractivity contribution is 14.0. The number of aromatic nitrogens is 1. The number of thiazole rings is 1. The molecule has 2 N–H and O–H groups in total. The van der Waals surface area contributed by atoms with Crippen LogP contribution in [0.5, 0.6) is 0 Å². The van der Waals surface area contributed by atoms with Crippen LogP contribution in [0.4, 0.5) is 0 Å². The summed E-state index contributed by atoms with van der Waals surface area (Å²) in [7, 11) is -2.91. The first-order chi connectivity index (χ1) is 12.1. The molecule has 1 aliphatic rings. The van der Waals surface area contributed by atoms with Crippen LogP contribution in [0.2, 0.25) is 0 Å². The van der Waals surface area contributed by atoms with Crippen molar-refractivity contribution in [3.05, 3.63) is 40.7 Å². The third-order valence-corrected chi connectivity index (χ3v) is 6.51. The fraction of sp³-hybridized carbons (Fsp3) is 0.412. The van der Waals surface area contributed by atoms with Crippen molar-refractivity contribution in [1.82, 2.24) is 15.6 Å². The van der Waals surface area contributed by atoms with Gasteiger partial charge in [0, 0.05) is 23.5 Å². The van der Waals surface area contributed by atoms with Gasteiger partial charge < -0.3 is 10.6 Å². The number of aliphatic imine (C=N–C) groups is 1. The van der Waals surface area contributed by atoms with Gasteiger partial charge in [-0.3, -0.25) is 0 Å². The Kier molecular flexibility index (Phi) is 7.84. The van der Waals surface area contributed by atoms with Crippen LogP contribution in [0, 0.1) is 0 Å². The second-order valence-corrected chi connectivity index (χ2v) is 9.10. The highest BCUT2D eigenvalue weighted by Crippen LogP contribution is 2.21. The minimum atomic E-state index is -2.91. The van der Waals surface area contributed by atoms with E-state index < -0.39 is 9.84 Å². The molecule has 1 aromatic heterocycles. The Morgan fingerprint density at radius 3 is 2.77 bits per heavy atom. The first kappa shape index (κ1) is 21.1. The average molecular weight is 506 g/mol. The van der Waals surface area contributed by atoms with Gasteiger partial charge in [0.2, 0.25) is 0 Å². The SMILES string of the molecule is CCNC(=NCc1nc(-c2ccccc2)cs1)NC1CCS(=O)(=O)C1.I. The molecular formula is C17H23IN4O2S2. The van der Waals surface area contributed by atoms with Crippen molar-refractivity contribution in [3.8, 4) is 11.3 Å². The first-order valence-electron chi connectivity index (χ1n) is 8.31. The van der Waals surface area contributed by atoms with E-state index in [0.717, 1.165) is 22.8 Å². The highest BCUT2D eigenvalue weighted by Gasteiger charge is 2.28. The van der Waals surface area contributed by atoms with E-state index in [2.05, 4.69) is 20.6 Å². The van der Waals surface area contributed by atoms with E-state index in [9.17, 15) is 8.42 Å². The summed E-state index contributed by atoms with van der Waals surface area (Å²) in [6.07, 6.45) is 0.627. The van der Waals surface area contributed by atoms with Crippen molar-refractivity contribution in [3.63, 3.8) is 0 Å². The van der Waals surface area contributed by atoms with Crippen molar-refractivity contribution in [2.45, 2.75) is 25.9 Å². The molecule has 2 aromatic rings. The van der Waals surface area contributed by atoms with Gasteiger partial charge in [-0.2, -0.15) is 0 Å². The third-order valence-electron chi connectivity index (χ3n) is 3.91. The fourth-order valence-electron chi connectivity index (χ4n) is 2.69. The molecule has 0 radical (unpaired) electrons. The summed E-state index contributed by atoms with van der Waals surface area (Å²) in [5.74, 6) is 1.06. The van der Waals surface area contributed by atoms with Gasteiger partial charge in [-0.1, -0.05) is 30.3 Å². The van der Waals surface area contributed by atoms with Crippen molar-refractivity contribution >= 4 is 51.1 Å². The number of halogens is 1. The maximum absolute atomic E-state index is 11.6. The molecule has 1 aromatic carbocycles. The number of nitrogens with one attached hydrogen (secondary N) is 2. The Morgan fingerprint density at radius 2 is 2.12 bits per heavy atom. The minimum absolute atomic E-state index is 0. The molecule has 0 amide bonds. The van der Waals surface area contributed by atoms with Gasteiger partial charge in [0.15, 0.2) is 15.8 Å². The number of rotatable bonds is 5.